The molecule has 1 N–H and O–H groups in total. The van der Waals surface area contributed by atoms with Crippen molar-refractivity contribution in [2.45, 2.75) is 22.8 Å². The number of para-hydroxylation sites is 1. The van der Waals surface area contributed by atoms with Gasteiger partial charge in [0, 0.05) is 24.1 Å². The lowest BCUT2D eigenvalue weighted by molar-refractivity contribution is -0.137. The molecule has 0 fully saturated rings. The molecule has 0 unspecified atom stereocenters. The maximum Gasteiger partial charge on any atom is 0.416 e. The smallest absolute Gasteiger partial charge is 0.325 e. The zero-order chi connectivity index (χ0) is 19.9. The van der Waals surface area contributed by atoms with E-state index in [1.54, 1.807) is 36.0 Å². The van der Waals surface area contributed by atoms with Crippen molar-refractivity contribution in [2.75, 3.05) is 10.5 Å². The van der Waals surface area contributed by atoms with Crippen LogP contribution in [0, 0.1) is 0 Å². The van der Waals surface area contributed by atoms with Crippen molar-refractivity contribution in [3.63, 3.8) is 0 Å². The molecule has 0 bridgehead atoms. The second kappa shape index (κ2) is 6.85. The van der Waals surface area contributed by atoms with E-state index in [9.17, 15) is 21.6 Å². The third kappa shape index (κ3) is 3.61. The first kappa shape index (κ1) is 18.9. The molecule has 2 heterocycles. The van der Waals surface area contributed by atoms with Crippen LogP contribution in [0.25, 0.3) is 11.3 Å². The molecule has 1 aliphatic rings. The molecule has 4 rings (SSSR count). The second-order valence-corrected chi connectivity index (χ2v) is 8.87. The summed E-state index contributed by atoms with van der Waals surface area (Å²) in [6.45, 7) is 0.825. The van der Waals surface area contributed by atoms with Gasteiger partial charge in [-0.05, 0) is 24.3 Å². The SMILES string of the molecule is O=S(=O)(Nc1ccccc1-c1cn2c(n1)SCC2)c1cccc(C(F)(F)F)c1. The van der Waals surface area contributed by atoms with E-state index in [4.69, 9.17) is 0 Å². The topological polar surface area (TPSA) is 64.0 Å². The number of nitrogens with zero attached hydrogens (tertiary/aromatic N) is 2. The Morgan fingerprint density at radius 1 is 1.11 bits per heavy atom. The summed E-state index contributed by atoms with van der Waals surface area (Å²) in [5.74, 6) is 0.937. The first-order valence-electron chi connectivity index (χ1n) is 8.23. The molecule has 28 heavy (non-hydrogen) atoms. The molecule has 2 aromatic carbocycles. The highest BCUT2D eigenvalue weighted by Gasteiger charge is 2.31. The number of alkyl halides is 3. The molecule has 1 aromatic heterocycles. The molecule has 0 radical (unpaired) electrons. The van der Waals surface area contributed by atoms with Gasteiger partial charge in [0.2, 0.25) is 0 Å². The molecule has 0 saturated carbocycles. The minimum absolute atomic E-state index is 0.252. The summed E-state index contributed by atoms with van der Waals surface area (Å²) in [4.78, 5) is 4.05. The van der Waals surface area contributed by atoms with Crippen LogP contribution in [0.5, 0.6) is 0 Å². The molecule has 0 spiro atoms. The average Bonchev–Trinajstić information content (AvgIpc) is 3.23. The Kier molecular flexibility index (Phi) is 4.62. The van der Waals surface area contributed by atoms with Crippen LogP contribution in [0.15, 0.2) is 64.8 Å². The fraction of sp³-hybridized carbons (Fsp3) is 0.167. The van der Waals surface area contributed by atoms with Crippen molar-refractivity contribution < 1.29 is 21.6 Å². The van der Waals surface area contributed by atoms with Gasteiger partial charge in [-0.25, -0.2) is 13.4 Å². The van der Waals surface area contributed by atoms with Crippen LogP contribution < -0.4 is 4.72 Å². The normalized spacial score (nSPS) is 14.1. The quantitative estimate of drug-likeness (QED) is 0.670. The van der Waals surface area contributed by atoms with Crippen LogP contribution in [0.3, 0.4) is 0 Å². The van der Waals surface area contributed by atoms with Crippen molar-refractivity contribution >= 4 is 27.5 Å². The highest BCUT2D eigenvalue weighted by atomic mass is 32.2. The van der Waals surface area contributed by atoms with E-state index < -0.39 is 26.7 Å². The Balaban J connectivity index is 1.69. The summed E-state index contributed by atoms with van der Waals surface area (Å²) >= 11 is 1.61. The van der Waals surface area contributed by atoms with Gasteiger partial charge >= 0.3 is 6.18 Å². The monoisotopic (exact) mass is 425 g/mol. The Labute approximate surface area is 163 Å². The van der Waals surface area contributed by atoms with Gasteiger partial charge in [-0.15, -0.1) is 0 Å². The zero-order valence-corrected chi connectivity index (χ0v) is 15.9. The number of aromatic nitrogens is 2. The Morgan fingerprint density at radius 2 is 1.89 bits per heavy atom. The van der Waals surface area contributed by atoms with Crippen LogP contribution in [0.1, 0.15) is 5.56 Å². The third-order valence-electron chi connectivity index (χ3n) is 4.22. The van der Waals surface area contributed by atoms with Crippen molar-refractivity contribution in [3.05, 3.63) is 60.3 Å². The Bertz CT molecular complexity index is 1120. The number of aryl methyl sites for hydroxylation is 1. The number of benzene rings is 2. The van der Waals surface area contributed by atoms with Gasteiger partial charge in [0.15, 0.2) is 5.16 Å². The van der Waals surface area contributed by atoms with Gasteiger partial charge in [-0.2, -0.15) is 13.2 Å². The largest absolute Gasteiger partial charge is 0.416 e. The molecule has 5 nitrogen and oxygen atoms in total. The van der Waals surface area contributed by atoms with Crippen LogP contribution >= 0.6 is 11.8 Å². The molecule has 1 aliphatic heterocycles. The van der Waals surface area contributed by atoms with E-state index in [2.05, 4.69) is 9.71 Å². The number of thioether (sulfide) groups is 1. The van der Waals surface area contributed by atoms with Gasteiger partial charge in [-0.1, -0.05) is 36.0 Å². The highest BCUT2D eigenvalue weighted by molar-refractivity contribution is 7.99. The van der Waals surface area contributed by atoms with E-state index in [1.165, 1.54) is 0 Å². The van der Waals surface area contributed by atoms with Crippen molar-refractivity contribution in [3.8, 4) is 11.3 Å². The fourth-order valence-electron chi connectivity index (χ4n) is 2.88. The summed E-state index contributed by atoms with van der Waals surface area (Å²) in [6, 6.07) is 10.3. The maximum absolute atomic E-state index is 12.9. The number of imidazole rings is 1. The third-order valence-corrected chi connectivity index (χ3v) is 6.56. The minimum Gasteiger partial charge on any atom is -0.325 e. The molecular weight excluding hydrogens is 411 g/mol. The highest BCUT2D eigenvalue weighted by Crippen LogP contribution is 2.34. The molecule has 0 saturated heterocycles. The van der Waals surface area contributed by atoms with Gasteiger partial charge in [0.1, 0.15) is 0 Å². The molecule has 10 heteroatoms. The van der Waals surface area contributed by atoms with Crippen molar-refractivity contribution in [2.24, 2.45) is 0 Å². The lowest BCUT2D eigenvalue weighted by atomic mass is 10.1. The van der Waals surface area contributed by atoms with Gasteiger partial charge in [0.05, 0.1) is 21.8 Å². The van der Waals surface area contributed by atoms with E-state index >= 15 is 0 Å². The molecule has 146 valence electrons. The fourth-order valence-corrected chi connectivity index (χ4v) is 4.95. The van der Waals surface area contributed by atoms with Gasteiger partial charge in [0.25, 0.3) is 10.0 Å². The number of rotatable bonds is 4. The average molecular weight is 425 g/mol. The number of hydrogen-bond donors (Lipinski definition) is 1. The summed E-state index contributed by atoms with van der Waals surface area (Å²) in [7, 11) is -4.21. The Morgan fingerprint density at radius 3 is 2.64 bits per heavy atom. The maximum atomic E-state index is 12.9. The second-order valence-electron chi connectivity index (χ2n) is 6.13. The number of anilines is 1. The summed E-state index contributed by atoms with van der Waals surface area (Å²) < 4.78 is 68.5. The summed E-state index contributed by atoms with van der Waals surface area (Å²) in [5.41, 5.74) is 0.387. The molecule has 3 aromatic rings. The predicted octanol–water partition coefficient (Wildman–Crippen LogP) is 4.48. The van der Waals surface area contributed by atoms with Crippen LogP contribution in [-0.4, -0.2) is 23.7 Å². The van der Waals surface area contributed by atoms with Gasteiger partial charge < -0.3 is 4.57 Å². The van der Waals surface area contributed by atoms with E-state index in [0.29, 0.717) is 17.3 Å². The Hall–Kier alpha value is -2.46. The van der Waals surface area contributed by atoms with E-state index in [-0.39, 0.29) is 5.69 Å². The molecule has 0 amide bonds. The van der Waals surface area contributed by atoms with Crippen molar-refractivity contribution in [1.29, 1.82) is 0 Å². The summed E-state index contributed by atoms with van der Waals surface area (Å²) in [6.07, 6.45) is -2.79. The number of nitrogens with one attached hydrogen (secondary N) is 1. The first-order chi connectivity index (χ1) is 13.2. The number of sulfonamides is 1. The van der Waals surface area contributed by atoms with Crippen LogP contribution in [0.2, 0.25) is 0 Å². The standard InChI is InChI=1S/C18H14F3N3O2S2/c19-18(20,21)12-4-3-5-13(10-12)28(25,26)23-15-7-2-1-6-14(15)16-11-24-8-9-27-17(24)22-16/h1-7,10-11,23H,8-9H2. The van der Waals surface area contributed by atoms with E-state index in [0.717, 1.165) is 35.7 Å². The van der Waals surface area contributed by atoms with Crippen molar-refractivity contribution in [1.82, 2.24) is 9.55 Å². The summed E-state index contributed by atoms with van der Waals surface area (Å²) in [5, 5.41) is 0.852. The lowest BCUT2D eigenvalue weighted by Crippen LogP contribution is -2.15. The lowest BCUT2D eigenvalue weighted by Gasteiger charge is -2.13. The molecule has 0 aliphatic carbocycles. The van der Waals surface area contributed by atoms with E-state index in [1.807, 2.05) is 10.8 Å². The number of hydrogen-bond acceptors (Lipinski definition) is 4. The predicted molar refractivity (Wildman–Crippen MR) is 101 cm³/mol. The molecular formula is C18H14F3N3O2S2. The van der Waals surface area contributed by atoms with Crippen LogP contribution in [-0.2, 0) is 22.7 Å². The van der Waals surface area contributed by atoms with Crippen LogP contribution in [0.4, 0.5) is 18.9 Å². The number of fused-ring (bicyclic) bond motifs is 1. The number of halogens is 3. The van der Waals surface area contributed by atoms with Gasteiger partial charge in [-0.3, -0.25) is 4.72 Å². The zero-order valence-electron chi connectivity index (χ0n) is 14.3. The molecule has 0 atom stereocenters. The minimum atomic E-state index is -4.63. The first-order valence-corrected chi connectivity index (χ1v) is 10.7.